The van der Waals surface area contributed by atoms with Crippen molar-refractivity contribution in [3.63, 3.8) is 0 Å². The van der Waals surface area contributed by atoms with Gasteiger partial charge in [-0.3, -0.25) is 0 Å². The highest BCUT2D eigenvalue weighted by molar-refractivity contribution is 7.15. The number of amides is 1. The quantitative estimate of drug-likeness (QED) is 0.415. The maximum Gasteiger partial charge on any atom is 0.410 e. The maximum atomic E-state index is 14.7. The van der Waals surface area contributed by atoms with E-state index in [1.165, 1.54) is 22.3 Å². The topological polar surface area (TPSA) is 115 Å². The molecule has 198 valence electrons. The van der Waals surface area contributed by atoms with E-state index in [9.17, 15) is 13.6 Å². The van der Waals surface area contributed by atoms with Gasteiger partial charge in [-0.05, 0) is 52.8 Å². The average Bonchev–Trinajstić information content (AvgIpc) is 3.18. The number of nitrogen functional groups attached to an aromatic ring is 1. The highest BCUT2D eigenvalue weighted by Crippen LogP contribution is 2.38. The Morgan fingerprint density at radius 1 is 1.22 bits per heavy atom. The molecule has 4 rings (SSSR count). The van der Waals surface area contributed by atoms with Crippen LogP contribution in [-0.4, -0.2) is 56.8 Å². The summed E-state index contributed by atoms with van der Waals surface area (Å²) >= 11 is 1.33. The zero-order valence-corrected chi connectivity index (χ0v) is 22.2. The summed E-state index contributed by atoms with van der Waals surface area (Å²) in [5, 5.41) is 3.83. The number of nitrogens with one attached hydrogen (secondary N) is 1. The van der Waals surface area contributed by atoms with Gasteiger partial charge in [0.2, 0.25) is 11.8 Å². The number of carbonyl (C=O) groups is 1. The lowest BCUT2D eigenvalue weighted by molar-refractivity contribution is 0.0124. The van der Waals surface area contributed by atoms with Gasteiger partial charge in [0.25, 0.3) is 0 Å². The van der Waals surface area contributed by atoms with Crippen molar-refractivity contribution in [2.75, 3.05) is 24.1 Å². The van der Waals surface area contributed by atoms with Gasteiger partial charge < -0.3 is 25.4 Å². The minimum absolute atomic E-state index is 0.00378. The Kier molecular flexibility index (Phi) is 7.49. The van der Waals surface area contributed by atoms with Crippen LogP contribution in [0.4, 0.5) is 25.2 Å². The predicted molar refractivity (Wildman–Crippen MR) is 138 cm³/mol. The van der Waals surface area contributed by atoms with Crippen LogP contribution in [0.3, 0.4) is 0 Å². The summed E-state index contributed by atoms with van der Waals surface area (Å²) in [5.74, 6) is -0.0987. The Bertz CT molecular complexity index is 1300. The number of nitrogens with two attached hydrogens (primary N) is 1. The number of alkyl halides is 1. The maximum absolute atomic E-state index is 14.7. The van der Waals surface area contributed by atoms with Gasteiger partial charge in [0.05, 0.1) is 17.2 Å². The van der Waals surface area contributed by atoms with E-state index in [2.05, 4.69) is 20.3 Å². The first-order valence-corrected chi connectivity index (χ1v) is 12.6. The number of likely N-dealkylation sites (tertiary alicyclic amines) is 1. The van der Waals surface area contributed by atoms with Gasteiger partial charge in [-0.2, -0.15) is 0 Å². The molecule has 37 heavy (non-hydrogen) atoms. The van der Waals surface area contributed by atoms with E-state index in [0.29, 0.717) is 26.8 Å². The second kappa shape index (κ2) is 10.4. The van der Waals surface area contributed by atoms with E-state index >= 15 is 0 Å². The molecule has 0 unspecified atom stereocenters. The number of nitrogens with zero attached hydrogens (tertiary/aromatic N) is 4. The number of halogens is 2. The highest BCUT2D eigenvalue weighted by Gasteiger charge is 2.33. The van der Waals surface area contributed by atoms with Crippen LogP contribution < -0.4 is 15.8 Å². The molecule has 1 aromatic carbocycles. The van der Waals surface area contributed by atoms with Crippen LogP contribution in [0.15, 0.2) is 24.4 Å². The summed E-state index contributed by atoms with van der Waals surface area (Å²) < 4.78 is 40.4. The Morgan fingerprint density at radius 2 is 1.97 bits per heavy atom. The van der Waals surface area contributed by atoms with Crippen LogP contribution in [0.25, 0.3) is 10.6 Å². The first-order valence-electron chi connectivity index (χ1n) is 11.8. The molecule has 1 aliphatic heterocycles. The van der Waals surface area contributed by atoms with Crippen molar-refractivity contribution in [3.05, 3.63) is 40.8 Å². The molecule has 3 aromatic rings. The third kappa shape index (κ3) is 6.43. The Balaban J connectivity index is 1.53. The molecule has 2 atom stereocenters. The molecular weight excluding hydrogens is 502 g/mol. The van der Waals surface area contributed by atoms with Gasteiger partial charge in [-0.25, -0.2) is 28.5 Å². The van der Waals surface area contributed by atoms with E-state index in [4.69, 9.17) is 15.2 Å². The summed E-state index contributed by atoms with van der Waals surface area (Å²) in [5.41, 5.74) is 6.22. The second-order valence-electron chi connectivity index (χ2n) is 9.89. The van der Waals surface area contributed by atoms with Crippen LogP contribution in [0, 0.1) is 19.7 Å². The van der Waals surface area contributed by atoms with Crippen molar-refractivity contribution in [2.24, 2.45) is 0 Å². The lowest BCUT2D eigenvalue weighted by Gasteiger charge is -2.36. The van der Waals surface area contributed by atoms with Gasteiger partial charge in [0.15, 0.2) is 11.6 Å². The van der Waals surface area contributed by atoms with Crippen LogP contribution >= 0.6 is 11.3 Å². The number of benzene rings is 1. The van der Waals surface area contributed by atoms with E-state index in [-0.39, 0.29) is 37.1 Å². The monoisotopic (exact) mass is 532 g/mol. The van der Waals surface area contributed by atoms with Crippen LogP contribution in [0.1, 0.15) is 37.8 Å². The lowest BCUT2D eigenvalue weighted by atomic mass is 10.0. The fourth-order valence-corrected chi connectivity index (χ4v) is 4.67. The standard InChI is InChI=1S/C25H30F2N6O3S/c1-13-17(28)6-7-19(20(13)27)35-22-21(37-14(2)30-22)18-8-9-29-23(32-18)31-16-10-15(26)11-33(12-16)24(34)36-25(3,4)5/h6-9,15-16H,10-12,28H2,1-5H3,(H,29,31,32)/t15-,16-/m0/s1. The normalized spacial score (nSPS) is 18.0. The van der Waals surface area contributed by atoms with Gasteiger partial charge in [0, 0.05) is 36.5 Å². The Labute approximate surface area is 218 Å². The van der Waals surface area contributed by atoms with Crippen molar-refractivity contribution in [1.82, 2.24) is 19.9 Å². The van der Waals surface area contributed by atoms with Crippen molar-refractivity contribution < 1.29 is 23.0 Å². The van der Waals surface area contributed by atoms with Gasteiger partial charge >= 0.3 is 6.09 Å². The van der Waals surface area contributed by atoms with Gasteiger partial charge in [0.1, 0.15) is 16.6 Å². The molecule has 1 aliphatic rings. The summed E-state index contributed by atoms with van der Waals surface area (Å²) in [6, 6.07) is 4.29. The molecule has 0 saturated carbocycles. The molecule has 0 aliphatic carbocycles. The molecule has 12 heteroatoms. The third-order valence-electron chi connectivity index (χ3n) is 5.58. The zero-order valence-electron chi connectivity index (χ0n) is 21.3. The van der Waals surface area contributed by atoms with Crippen molar-refractivity contribution in [3.8, 4) is 22.2 Å². The van der Waals surface area contributed by atoms with E-state index in [1.807, 2.05) is 0 Å². The molecule has 3 N–H and O–H groups in total. The Morgan fingerprint density at radius 3 is 2.70 bits per heavy atom. The number of thiazole rings is 1. The average molecular weight is 533 g/mol. The van der Waals surface area contributed by atoms with Gasteiger partial charge in [-0.15, -0.1) is 11.3 Å². The van der Waals surface area contributed by atoms with Gasteiger partial charge in [-0.1, -0.05) is 0 Å². The van der Waals surface area contributed by atoms with E-state index in [1.54, 1.807) is 52.9 Å². The van der Waals surface area contributed by atoms with Crippen molar-refractivity contribution in [1.29, 1.82) is 0 Å². The summed E-state index contributed by atoms with van der Waals surface area (Å²) in [6.45, 7) is 8.88. The Hall–Kier alpha value is -3.54. The fourth-order valence-electron chi connectivity index (χ4n) is 3.85. The molecule has 1 amide bonds. The molecule has 1 fully saturated rings. The van der Waals surface area contributed by atoms with Crippen molar-refractivity contribution >= 4 is 29.1 Å². The minimum Gasteiger partial charge on any atom is -0.444 e. The number of anilines is 2. The largest absolute Gasteiger partial charge is 0.444 e. The number of carbonyl (C=O) groups excluding carboxylic acids is 1. The molecular formula is C25H30F2N6O3S. The molecule has 0 radical (unpaired) electrons. The molecule has 0 spiro atoms. The summed E-state index contributed by atoms with van der Waals surface area (Å²) in [7, 11) is 0. The molecule has 3 heterocycles. The first-order chi connectivity index (χ1) is 17.4. The number of rotatable bonds is 5. The van der Waals surface area contributed by atoms with Crippen LogP contribution in [-0.2, 0) is 4.74 Å². The lowest BCUT2D eigenvalue weighted by Crippen LogP contribution is -2.51. The number of aryl methyl sites for hydroxylation is 1. The number of aromatic nitrogens is 3. The first kappa shape index (κ1) is 26.5. The summed E-state index contributed by atoms with van der Waals surface area (Å²) in [4.78, 5) is 27.6. The number of hydrogen-bond donors (Lipinski definition) is 2. The van der Waals surface area contributed by atoms with Crippen LogP contribution in [0.2, 0.25) is 0 Å². The van der Waals surface area contributed by atoms with E-state index in [0.717, 1.165) is 0 Å². The molecule has 9 nitrogen and oxygen atoms in total. The molecule has 1 saturated heterocycles. The van der Waals surface area contributed by atoms with Crippen molar-refractivity contribution in [2.45, 2.75) is 58.9 Å². The zero-order chi connectivity index (χ0) is 26.9. The third-order valence-corrected chi connectivity index (χ3v) is 6.55. The smallest absolute Gasteiger partial charge is 0.410 e. The SMILES string of the molecule is Cc1nc(Oc2ccc(N)c(C)c2F)c(-c2ccnc(N[C@H]3C[C@H](F)CN(C(=O)OC(C)(C)C)C3)n2)s1. The van der Waals surface area contributed by atoms with Crippen LogP contribution in [0.5, 0.6) is 11.6 Å². The van der Waals surface area contributed by atoms with E-state index < -0.39 is 29.7 Å². The highest BCUT2D eigenvalue weighted by atomic mass is 32.1. The fraction of sp³-hybridized carbons (Fsp3) is 0.440. The minimum atomic E-state index is -1.22. The molecule has 2 aromatic heterocycles. The number of hydrogen-bond acceptors (Lipinski definition) is 9. The second-order valence-corrected chi connectivity index (χ2v) is 11.1. The molecule has 0 bridgehead atoms. The number of piperidine rings is 1. The predicted octanol–water partition coefficient (Wildman–Crippen LogP) is 5.49. The summed E-state index contributed by atoms with van der Waals surface area (Å²) in [6.07, 6.45) is -0.0389. The number of ether oxygens (including phenoxy) is 2.